The lowest BCUT2D eigenvalue weighted by Crippen LogP contribution is -2.06. The van der Waals surface area contributed by atoms with Crippen LogP contribution in [0.2, 0.25) is 0 Å². The maximum atomic E-state index is 10.8. The smallest absolute Gasteiger partial charge is 0.269 e. The summed E-state index contributed by atoms with van der Waals surface area (Å²) < 4.78 is 0. The molecule has 0 fully saturated rings. The number of hydrazone groups is 1. The molecule has 1 aromatic carbocycles. The van der Waals surface area contributed by atoms with Crippen molar-refractivity contribution in [3.05, 3.63) is 55.8 Å². The van der Waals surface area contributed by atoms with Crippen LogP contribution in [0, 0.1) is 17.0 Å². The van der Waals surface area contributed by atoms with Crippen LogP contribution in [0.4, 0.5) is 11.4 Å². The Bertz CT molecular complexity index is 812. The first kappa shape index (κ1) is 20.5. The fraction of sp³-hybridized carbons (Fsp3) is 0.500. The highest BCUT2D eigenvalue weighted by Crippen LogP contribution is 2.27. The van der Waals surface area contributed by atoms with Gasteiger partial charge in [0.25, 0.3) is 5.69 Å². The van der Waals surface area contributed by atoms with Gasteiger partial charge < -0.3 is 0 Å². The van der Waals surface area contributed by atoms with Crippen LogP contribution in [0.3, 0.4) is 0 Å². The van der Waals surface area contributed by atoms with Crippen molar-refractivity contribution in [2.45, 2.75) is 71.1 Å². The molecule has 3 rings (SSSR count). The first-order valence-electron chi connectivity index (χ1n) is 10.3. The summed E-state index contributed by atoms with van der Waals surface area (Å²) in [5, 5.41) is 15.6. The molecule has 0 saturated carbocycles. The maximum absolute atomic E-state index is 10.8. The van der Waals surface area contributed by atoms with Crippen molar-refractivity contribution in [1.82, 2.24) is 0 Å². The number of thiophene rings is 1. The van der Waals surface area contributed by atoms with E-state index in [1.807, 2.05) is 11.3 Å². The number of nitrogens with one attached hydrogen (secondary N) is 1. The van der Waals surface area contributed by atoms with Crippen LogP contribution in [0.15, 0.2) is 35.4 Å². The van der Waals surface area contributed by atoms with Gasteiger partial charge in [0, 0.05) is 27.5 Å². The Morgan fingerprint density at radius 3 is 2.21 bits per heavy atom. The topological polar surface area (TPSA) is 67.5 Å². The third kappa shape index (κ3) is 5.89. The molecule has 0 radical (unpaired) electrons. The highest BCUT2D eigenvalue weighted by Gasteiger charge is 2.14. The number of benzene rings is 1. The number of anilines is 1. The minimum Gasteiger partial charge on any atom is -0.278 e. The van der Waals surface area contributed by atoms with Gasteiger partial charge in [0.1, 0.15) is 0 Å². The fourth-order valence-corrected chi connectivity index (χ4v) is 4.77. The molecule has 150 valence electrons. The second kappa shape index (κ2) is 10.4. The molecular weight excluding hydrogens is 370 g/mol. The third-order valence-electron chi connectivity index (χ3n) is 5.21. The summed E-state index contributed by atoms with van der Waals surface area (Å²) in [7, 11) is 0. The van der Waals surface area contributed by atoms with Crippen LogP contribution >= 0.6 is 11.3 Å². The minimum atomic E-state index is -0.383. The van der Waals surface area contributed by atoms with Gasteiger partial charge in [-0.3, -0.25) is 15.5 Å². The largest absolute Gasteiger partial charge is 0.278 e. The average molecular weight is 400 g/mol. The number of rotatable bonds is 3. The van der Waals surface area contributed by atoms with Crippen LogP contribution < -0.4 is 5.43 Å². The van der Waals surface area contributed by atoms with Crippen molar-refractivity contribution in [1.29, 1.82) is 0 Å². The Hall–Kier alpha value is -2.21. The van der Waals surface area contributed by atoms with E-state index in [1.165, 1.54) is 72.4 Å². The predicted octanol–water partition coefficient (Wildman–Crippen LogP) is 6.85. The molecule has 28 heavy (non-hydrogen) atoms. The summed E-state index contributed by atoms with van der Waals surface area (Å²) in [6.45, 7) is 2.17. The van der Waals surface area contributed by atoms with Crippen molar-refractivity contribution < 1.29 is 4.92 Å². The molecule has 1 aliphatic rings. The summed E-state index contributed by atoms with van der Waals surface area (Å²) in [6.07, 6.45) is 12.4. The number of fused-ring (bicyclic) bond motifs is 1. The van der Waals surface area contributed by atoms with Crippen molar-refractivity contribution in [2.24, 2.45) is 5.10 Å². The second-order valence-electron chi connectivity index (χ2n) is 7.50. The van der Waals surface area contributed by atoms with Crippen LogP contribution in [0.25, 0.3) is 0 Å². The molecule has 0 aliphatic heterocycles. The monoisotopic (exact) mass is 399 g/mol. The third-order valence-corrected chi connectivity index (χ3v) is 6.32. The SMILES string of the molecule is Cc1cc2c(s1)CCCCCCCCCC/C2=N\Nc1ccc([N+](=O)[O-])cc1. The first-order valence-corrected chi connectivity index (χ1v) is 11.1. The van der Waals surface area contributed by atoms with E-state index in [1.54, 1.807) is 12.1 Å². The molecule has 1 heterocycles. The molecule has 1 N–H and O–H groups in total. The summed E-state index contributed by atoms with van der Waals surface area (Å²) in [5.74, 6) is 0. The van der Waals surface area contributed by atoms with E-state index < -0.39 is 0 Å². The van der Waals surface area contributed by atoms with Gasteiger partial charge >= 0.3 is 0 Å². The number of nitrogens with zero attached hydrogens (tertiary/aromatic N) is 2. The molecule has 0 unspecified atom stereocenters. The number of non-ortho nitro benzene ring substituents is 1. The number of hydrogen-bond donors (Lipinski definition) is 1. The summed E-state index contributed by atoms with van der Waals surface area (Å²) >= 11 is 1.89. The van der Waals surface area contributed by atoms with Crippen molar-refractivity contribution >= 4 is 28.4 Å². The van der Waals surface area contributed by atoms with E-state index in [9.17, 15) is 10.1 Å². The first-order chi connectivity index (χ1) is 13.6. The lowest BCUT2D eigenvalue weighted by Gasteiger charge is -2.09. The molecule has 0 atom stereocenters. The van der Waals surface area contributed by atoms with Gasteiger partial charge in [-0.05, 0) is 50.8 Å². The summed E-state index contributed by atoms with van der Waals surface area (Å²) in [5.41, 5.74) is 6.39. The standard InChI is InChI=1S/C22H29N3O2S/c1-17-16-20-21(24-23-18-12-14-19(15-13-18)25(26)27)10-8-6-4-2-3-5-7-9-11-22(20)28-17/h12-16,23H,2-11H2,1H3/b24-21+. The van der Waals surface area contributed by atoms with Gasteiger partial charge in [0.05, 0.1) is 16.3 Å². The Morgan fingerprint density at radius 2 is 1.57 bits per heavy atom. The lowest BCUT2D eigenvalue weighted by molar-refractivity contribution is -0.384. The Kier molecular flexibility index (Phi) is 7.60. The zero-order valence-corrected chi connectivity index (χ0v) is 17.4. The van der Waals surface area contributed by atoms with E-state index in [2.05, 4.69) is 18.4 Å². The van der Waals surface area contributed by atoms with Crippen molar-refractivity contribution in [3.63, 3.8) is 0 Å². The zero-order valence-electron chi connectivity index (χ0n) is 16.6. The Labute approximate surface area is 171 Å². The Balaban J connectivity index is 1.80. The average Bonchev–Trinajstić information content (AvgIpc) is 3.06. The van der Waals surface area contributed by atoms with E-state index in [-0.39, 0.29) is 10.6 Å². The molecule has 0 saturated heterocycles. The fourth-order valence-electron chi connectivity index (χ4n) is 3.67. The van der Waals surface area contributed by atoms with Gasteiger partial charge in [-0.25, -0.2) is 0 Å². The van der Waals surface area contributed by atoms with Gasteiger partial charge in [-0.2, -0.15) is 5.10 Å². The lowest BCUT2D eigenvalue weighted by atomic mass is 10.0. The summed E-state index contributed by atoms with van der Waals surface area (Å²) in [6, 6.07) is 8.71. The normalized spacial score (nSPS) is 17.8. The van der Waals surface area contributed by atoms with Crippen LogP contribution in [-0.2, 0) is 6.42 Å². The second-order valence-corrected chi connectivity index (χ2v) is 8.84. The molecule has 2 aromatic rings. The van der Waals surface area contributed by atoms with Crippen molar-refractivity contribution in [2.75, 3.05) is 5.43 Å². The van der Waals surface area contributed by atoms with E-state index >= 15 is 0 Å². The number of nitro benzene ring substituents is 1. The van der Waals surface area contributed by atoms with Gasteiger partial charge in [-0.1, -0.05) is 38.5 Å². The van der Waals surface area contributed by atoms with Crippen LogP contribution in [-0.4, -0.2) is 10.6 Å². The molecule has 0 spiro atoms. The highest BCUT2D eigenvalue weighted by atomic mass is 32.1. The highest BCUT2D eigenvalue weighted by molar-refractivity contribution is 7.12. The number of aryl methyl sites for hydroxylation is 2. The van der Waals surface area contributed by atoms with Crippen LogP contribution in [0.5, 0.6) is 0 Å². The Morgan fingerprint density at radius 1 is 0.964 bits per heavy atom. The van der Waals surface area contributed by atoms with E-state index in [4.69, 9.17) is 5.10 Å². The van der Waals surface area contributed by atoms with Gasteiger partial charge in [0.2, 0.25) is 0 Å². The molecule has 0 bridgehead atoms. The van der Waals surface area contributed by atoms with Gasteiger partial charge in [-0.15, -0.1) is 11.3 Å². The quantitative estimate of drug-likeness (QED) is 0.453. The van der Waals surface area contributed by atoms with Crippen LogP contribution in [0.1, 0.15) is 73.1 Å². The molecule has 1 aromatic heterocycles. The molecule has 0 amide bonds. The number of hydrogen-bond acceptors (Lipinski definition) is 5. The molecule has 1 aliphatic carbocycles. The predicted molar refractivity (Wildman–Crippen MR) is 118 cm³/mol. The van der Waals surface area contributed by atoms with E-state index in [0.29, 0.717) is 0 Å². The molecule has 5 nitrogen and oxygen atoms in total. The molecule has 6 heteroatoms. The van der Waals surface area contributed by atoms with Crippen molar-refractivity contribution in [3.8, 4) is 0 Å². The number of nitro groups is 1. The van der Waals surface area contributed by atoms with Gasteiger partial charge in [0.15, 0.2) is 0 Å². The minimum absolute atomic E-state index is 0.0935. The zero-order chi connectivity index (χ0) is 19.8. The molecular formula is C22H29N3O2S. The van der Waals surface area contributed by atoms with E-state index in [0.717, 1.165) is 30.7 Å². The maximum Gasteiger partial charge on any atom is 0.269 e. The summed E-state index contributed by atoms with van der Waals surface area (Å²) in [4.78, 5) is 13.2.